The maximum Gasteiger partial charge on any atom is 0.132 e. The van der Waals surface area contributed by atoms with Gasteiger partial charge in [-0.25, -0.2) is 0 Å². The van der Waals surface area contributed by atoms with E-state index in [4.69, 9.17) is 4.74 Å². The van der Waals surface area contributed by atoms with Crippen LogP contribution < -0.4 is 10.1 Å². The number of rotatable bonds is 8. The predicted molar refractivity (Wildman–Crippen MR) is 81.9 cm³/mol. The van der Waals surface area contributed by atoms with Gasteiger partial charge in [-0.3, -0.25) is 0 Å². The summed E-state index contributed by atoms with van der Waals surface area (Å²) in [5.74, 6) is 1.25. The highest BCUT2D eigenvalue weighted by Crippen LogP contribution is 2.28. The highest BCUT2D eigenvalue weighted by atomic mass is 32.2. The van der Waals surface area contributed by atoms with E-state index in [1.807, 2.05) is 26.2 Å². The van der Waals surface area contributed by atoms with Gasteiger partial charge in [0.15, 0.2) is 0 Å². The Morgan fingerprint density at radius 1 is 1.37 bits per heavy atom. The maximum atomic E-state index is 9.71. The summed E-state index contributed by atoms with van der Waals surface area (Å²) in [5.41, 5.74) is 1.24. The van der Waals surface area contributed by atoms with Gasteiger partial charge in [0.25, 0.3) is 0 Å². The number of nitrogens with one attached hydrogen (secondary N) is 1. The van der Waals surface area contributed by atoms with Gasteiger partial charge in [0.05, 0.1) is 13.2 Å². The summed E-state index contributed by atoms with van der Waals surface area (Å²) in [6, 6.07) is 6.23. The van der Waals surface area contributed by atoms with Crippen LogP contribution in [0.1, 0.15) is 25.8 Å². The summed E-state index contributed by atoms with van der Waals surface area (Å²) in [7, 11) is 1.69. The molecule has 4 heteroatoms. The van der Waals surface area contributed by atoms with E-state index < -0.39 is 0 Å². The fourth-order valence-electron chi connectivity index (χ4n) is 1.81. The van der Waals surface area contributed by atoms with Gasteiger partial charge in [0.2, 0.25) is 0 Å². The zero-order chi connectivity index (χ0) is 14.3. The molecule has 0 spiro atoms. The Balaban J connectivity index is 2.41. The molecular weight excluding hydrogens is 258 g/mol. The molecule has 0 saturated heterocycles. The molecule has 1 aromatic rings. The predicted octanol–water partition coefficient (Wildman–Crippen LogP) is 2.91. The number of aliphatic hydroxyl groups excluding tert-OH is 1. The van der Waals surface area contributed by atoms with Gasteiger partial charge in [-0.1, -0.05) is 19.9 Å². The van der Waals surface area contributed by atoms with Crippen LogP contribution in [0.5, 0.6) is 5.75 Å². The molecule has 0 amide bonds. The summed E-state index contributed by atoms with van der Waals surface area (Å²) >= 11 is 1.69. The van der Waals surface area contributed by atoms with Crippen molar-refractivity contribution in [1.29, 1.82) is 0 Å². The fraction of sp³-hybridized carbons (Fsp3) is 0.600. The first-order valence-electron chi connectivity index (χ1n) is 6.68. The van der Waals surface area contributed by atoms with E-state index in [1.165, 1.54) is 5.56 Å². The Morgan fingerprint density at radius 3 is 2.68 bits per heavy atom. The quantitative estimate of drug-likeness (QED) is 0.568. The third kappa shape index (κ3) is 5.43. The number of aliphatic hydroxyl groups is 1. The number of thioether (sulfide) groups is 1. The van der Waals surface area contributed by atoms with Crippen LogP contribution in [0.25, 0.3) is 0 Å². The Kier molecular flexibility index (Phi) is 7.28. The summed E-state index contributed by atoms with van der Waals surface area (Å²) in [6.45, 7) is 5.74. The molecule has 0 saturated carbocycles. The maximum absolute atomic E-state index is 9.71. The summed E-state index contributed by atoms with van der Waals surface area (Å²) in [5, 5.41) is 13.1. The van der Waals surface area contributed by atoms with E-state index in [1.54, 1.807) is 18.9 Å². The molecule has 1 unspecified atom stereocenters. The second-order valence-electron chi connectivity index (χ2n) is 4.97. The van der Waals surface area contributed by atoms with Crippen LogP contribution in [-0.2, 0) is 6.54 Å². The van der Waals surface area contributed by atoms with Crippen LogP contribution in [0.2, 0.25) is 0 Å². The van der Waals surface area contributed by atoms with Crippen molar-refractivity contribution >= 4 is 11.8 Å². The van der Waals surface area contributed by atoms with E-state index in [0.717, 1.165) is 30.2 Å². The molecule has 0 heterocycles. The molecule has 0 bridgehead atoms. The largest absolute Gasteiger partial charge is 0.496 e. The lowest BCUT2D eigenvalue weighted by Crippen LogP contribution is -2.23. The van der Waals surface area contributed by atoms with Crippen molar-refractivity contribution in [1.82, 2.24) is 5.32 Å². The molecule has 0 aliphatic rings. The van der Waals surface area contributed by atoms with Gasteiger partial charge in [0.1, 0.15) is 5.75 Å². The summed E-state index contributed by atoms with van der Waals surface area (Å²) in [6.07, 6.45) is 2.63. The van der Waals surface area contributed by atoms with Gasteiger partial charge < -0.3 is 15.2 Å². The van der Waals surface area contributed by atoms with Crippen LogP contribution >= 0.6 is 11.8 Å². The third-order valence-electron chi connectivity index (χ3n) is 3.16. The first-order chi connectivity index (χ1) is 9.08. The Labute approximate surface area is 120 Å². The molecule has 0 radical (unpaired) electrons. The third-order valence-corrected chi connectivity index (χ3v) is 3.92. The first kappa shape index (κ1) is 16.3. The molecule has 0 fully saturated rings. The van der Waals surface area contributed by atoms with Crippen molar-refractivity contribution in [2.45, 2.75) is 37.8 Å². The SMILES string of the molecule is COc1ccc(CNCCC(O)C(C)C)cc1SC. The molecule has 108 valence electrons. The van der Waals surface area contributed by atoms with E-state index in [9.17, 15) is 5.11 Å². The topological polar surface area (TPSA) is 41.5 Å². The van der Waals surface area contributed by atoms with E-state index >= 15 is 0 Å². The normalized spacial score (nSPS) is 12.7. The van der Waals surface area contributed by atoms with E-state index in [2.05, 4.69) is 17.4 Å². The van der Waals surface area contributed by atoms with Crippen molar-refractivity contribution in [2.75, 3.05) is 19.9 Å². The lowest BCUT2D eigenvalue weighted by atomic mass is 10.0. The van der Waals surface area contributed by atoms with Crippen LogP contribution in [0.15, 0.2) is 23.1 Å². The zero-order valence-electron chi connectivity index (χ0n) is 12.3. The molecule has 1 atom stereocenters. The standard InChI is InChI=1S/C15H25NO2S/c1-11(2)13(17)7-8-16-10-12-5-6-14(18-3)15(9-12)19-4/h5-6,9,11,13,16-17H,7-8,10H2,1-4H3. The number of benzene rings is 1. The lowest BCUT2D eigenvalue weighted by Gasteiger charge is -2.15. The van der Waals surface area contributed by atoms with E-state index in [0.29, 0.717) is 5.92 Å². The molecule has 2 N–H and O–H groups in total. The van der Waals surface area contributed by atoms with Crippen LogP contribution in [0.4, 0.5) is 0 Å². The van der Waals surface area contributed by atoms with E-state index in [-0.39, 0.29) is 6.10 Å². The van der Waals surface area contributed by atoms with Crippen molar-refractivity contribution in [3.63, 3.8) is 0 Å². The van der Waals surface area contributed by atoms with Gasteiger partial charge in [0, 0.05) is 11.4 Å². The van der Waals surface area contributed by atoms with Crippen molar-refractivity contribution < 1.29 is 9.84 Å². The van der Waals surface area contributed by atoms with Crippen LogP contribution in [0.3, 0.4) is 0 Å². The van der Waals surface area contributed by atoms with Crippen molar-refractivity contribution in [3.05, 3.63) is 23.8 Å². The average molecular weight is 283 g/mol. The van der Waals surface area contributed by atoms with Crippen LogP contribution in [-0.4, -0.2) is 31.1 Å². The molecular formula is C15H25NO2S. The minimum absolute atomic E-state index is 0.217. The fourth-order valence-corrected chi connectivity index (χ4v) is 2.43. The second kappa shape index (κ2) is 8.46. The molecule has 3 nitrogen and oxygen atoms in total. The van der Waals surface area contributed by atoms with Gasteiger partial charge in [-0.2, -0.15) is 0 Å². The first-order valence-corrected chi connectivity index (χ1v) is 7.90. The molecule has 0 aliphatic heterocycles. The number of methoxy groups -OCH3 is 1. The Hall–Kier alpha value is -0.710. The summed E-state index contributed by atoms with van der Waals surface area (Å²) < 4.78 is 5.30. The number of hydrogen-bond donors (Lipinski definition) is 2. The minimum atomic E-state index is -0.217. The molecule has 1 aromatic carbocycles. The highest BCUT2D eigenvalue weighted by molar-refractivity contribution is 7.98. The molecule has 1 rings (SSSR count). The van der Waals surface area contributed by atoms with Crippen molar-refractivity contribution in [2.24, 2.45) is 5.92 Å². The number of hydrogen-bond acceptors (Lipinski definition) is 4. The smallest absolute Gasteiger partial charge is 0.132 e. The van der Waals surface area contributed by atoms with Crippen molar-refractivity contribution in [3.8, 4) is 5.75 Å². The average Bonchev–Trinajstić information content (AvgIpc) is 2.42. The van der Waals surface area contributed by atoms with Gasteiger partial charge >= 0.3 is 0 Å². The molecule has 0 aliphatic carbocycles. The molecule has 19 heavy (non-hydrogen) atoms. The monoisotopic (exact) mass is 283 g/mol. The number of ether oxygens (including phenoxy) is 1. The van der Waals surface area contributed by atoms with Gasteiger partial charge in [-0.15, -0.1) is 11.8 Å². The molecule has 0 aromatic heterocycles. The van der Waals surface area contributed by atoms with Crippen LogP contribution in [0, 0.1) is 5.92 Å². The lowest BCUT2D eigenvalue weighted by molar-refractivity contribution is 0.116. The zero-order valence-corrected chi connectivity index (χ0v) is 13.1. The second-order valence-corrected chi connectivity index (χ2v) is 5.81. The summed E-state index contributed by atoms with van der Waals surface area (Å²) in [4.78, 5) is 1.16. The Bertz CT molecular complexity index is 382. The Morgan fingerprint density at radius 2 is 2.11 bits per heavy atom. The van der Waals surface area contributed by atoms with Gasteiger partial charge in [-0.05, 0) is 42.8 Å². The minimum Gasteiger partial charge on any atom is -0.496 e. The highest BCUT2D eigenvalue weighted by Gasteiger charge is 2.08.